The third-order valence-corrected chi connectivity index (χ3v) is 2.79. The summed E-state index contributed by atoms with van der Waals surface area (Å²) in [7, 11) is 0. The van der Waals surface area contributed by atoms with Crippen LogP contribution in [0.5, 0.6) is 0 Å². The number of rotatable bonds is 1. The molecule has 2 aromatic carbocycles. The molecule has 0 saturated heterocycles. The number of benzene rings is 2. The van der Waals surface area contributed by atoms with Crippen LogP contribution in [0.25, 0.3) is 11.1 Å². The van der Waals surface area contributed by atoms with Gasteiger partial charge in [0.05, 0.1) is 5.02 Å². The lowest BCUT2D eigenvalue weighted by Crippen LogP contribution is -1.88. The quantitative estimate of drug-likeness (QED) is 0.667. The van der Waals surface area contributed by atoms with Crippen molar-refractivity contribution < 1.29 is 4.39 Å². The SMILES string of the molecule is Cc1cc(C)cc(-c2c(F)cccc2Cl)c1. The zero-order chi connectivity index (χ0) is 11.7. The molecule has 16 heavy (non-hydrogen) atoms. The van der Waals surface area contributed by atoms with Crippen LogP contribution in [0.1, 0.15) is 11.1 Å². The zero-order valence-corrected chi connectivity index (χ0v) is 9.98. The summed E-state index contributed by atoms with van der Waals surface area (Å²) in [4.78, 5) is 0. The summed E-state index contributed by atoms with van der Waals surface area (Å²) >= 11 is 6.03. The van der Waals surface area contributed by atoms with Crippen LogP contribution in [0.3, 0.4) is 0 Å². The van der Waals surface area contributed by atoms with Crippen LogP contribution in [0.2, 0.25) is 5.02 Å². The van der Waals surface area contributed by atoms with Gasteiger partial charge < -0.3 is 0 Å². The van der Waals surface area contributed by atoms with E-state index in [0.29, 0.717) is 10.6 Å². The third-order valence-electron chi connectivity index (χ3n) is 2.47. The Morgan fingerprint density at radius 3 is 2.19 bits per heavy atom. The molecule has 0 nitrogen and oxygen atoms in total. The summed E-state index contributed by atoms with van der Waals surface area (Å²) in [6, 6.07) is 10.7. The van der Waals surface area contributed by atoms with Gasteiger partial charge >= 0.3 is 0 Å². The molecule has 2 rings (SSSR count). The zero-order valence-electron chi connectivity index (χ0n) is 9.22. The molecule has 0 aromatic heterocycles. The second kappa shape index (κ2) is 4.26. The fourth-order valence-corrected chi connectivity index (χ4v) is 2.16. The predicted octanol–water partition coefficient (Wildman–Crippen LogP) is 4.76. The van der Waals surface area contributed by atoms with E-state index in [1.165, 1.54) is 6.07 Å². The first kappa shape index (κ1) is 11.2. The van der Waals surface area contributed by atoms with Gasteiger partial charge in [0.25, 0.3) is 0 Å². The summed E-state index contributed by atoms with van der Waals surface area (Å²) in [6.45, 7) is 3.98. The standard InChI is InChI=1S/C14H12ClF/c1-9-6-10(2)8-11(7-9)14-12(15)4-3-5-13(14)16/h3-8H,1-2H3. The molecule has 0 aliphatic carbocycles. The van der Waals surface area contributed by atoms with Crippen LogP contribution in [0.4, 0.5) is 4.39 Å². The van der Waals surface area contributed by atoms with E-state index in [1.807, 2.05) is 26.0 Å². The van der Waals surface area contributed by atoms with Crippen molar-refractivity contribution in [2.45, 2.75) is 13.8 Å². The lowest BCUT2D eigenvalue weighted by Gasteiger charge is -2.08. The van der Waals surface area contributed by atoms with E-state index in [1.54, 1.807) is 12.1 Å². The minimum atomic E-state index is -0.280. The van der Waals surface area contributed by atoms with Crippen LogP contribution >= 0.6 is 11.6 Å². The molecule has 0 fully saturated rings. The first-order valence-corrected chi connectivity index (χ1v) is 5.48. The summed E-state index contributed by atoms with van der Waals surface area (Å²) in [6.07, 6.45) is 0. The Bertz CT molecular complexity index is 492. The van der Waals surface area contributed by atoms with E-state index < -0.39 is 0 Å². The molecule has 0 N–H and O–H groups in total. The maximum Gasteiger partial charge on any atom is 0.132 e. The van der Waals surface area contributed by atoms with Gasteiger partial charge in [-0.3, -0.25) is 0 Å². The van der Waals surface area contributed by atoms with E-state index >= 15 is 0 Å². The van der Waals surface area contributed by atoms with Crippen LogP contribution in [0.15, 0.2) is 36.4 Å². The van der Waals surface area contributed by atoms with E-state index in [9.17, 15) is 4.39 Å². The highest BCUT2D eigenvalue weighted by Crippen LogP contribution is 2.31. The smallest absolute Gasteiger partial charge is 0.132 e. The van der Waals surface area contributed by atoms with Crippen molar-refractivity contribution in [3.8, 4) is 11.1 Å². The van der Waals surface area contributed by atoms with Gasteiger partial charge in [-0.15, -0.1) is 0 Å². The summed E-state index contributed by atoms with van der Waals surface area (Å²) < 4.78 is 13.7. The molecule has 0 amide bonds. The van der Waals surface area contributed by atoms with E-state index in [4.69, 9.17) is 11.6 Å². The van der Waals surface area contributed by atoms with Gasteiger partial charge in [0.15, 0.2) is 0 Å². The molecule has 82 valence electrons. The molecular weight excluding hydrogens is 223 g/mol. The Kier molecular flexibility index (Phi) is 2.97. The third kappa shape index (κ3) is 2.10. The van der Waals surface area contributed by atoms with Crippen LogP contribution in [-0.2, 0) is 0 Å². The molecule has 0 radical (unpaired) electrons. The van der Waals surface area contributed by atoms with Gasteiger partial charge in [-0.05, 0) is 31.5 Å². The van der Waals surface area contributed by atoms with Crippen molar-refractivity contribution in [3.05, 3.63) is 58.4 Å². The van der Waals surface area contributed by atoms with Crippen molar-refractivity contribution >= 4 is 11.6 Å². The highest BCUT2D eigenvalue weighted by Gasteiger charge is 2.09. The molecular formula is C14H12ClF. The minimum absolute atomic E-state index is 0.280. The summed E-state index contributed by atoms with van der Waals surface area (Å²) in [5.74, 6) is -0.280. The number of halogens is 2. The van der Waals surface area contributed by atoms with Crippen molar-refractivity contribution in [2.75, 3.05) is 0 Å². The lowest BCUT2D eigenvalue weighted by atomic mass is 10.0. The van der Waals surface area contributed by atoms with E-state index in [2.05, 4.69) is 6.07 Å². The largest absolute Gasteiger partial charge is 0.206 e. The number of aryl methyl sites for hydroxylation is 2. The highest BCUT2D eigenvalue weighted by molar-refractivity contribution is 6.33. The predicted molar refractivity (Wildman–Crippen MR) is 66.3 cm³/mol. The van der Waals surface area contributed by atoms with Gasteiger partial charge in [0.1, 0.15) is 5.82 Å². The number of hydrogen-bond donors (Lipinski definition) is 0. The minimum Gasteiger partial charge on any atom is -0.206 e. The number of hydrogen-bond acceptors (Lipinski definition) is 0. The molecule has 0 bridgehead atoms. The fraction of sp³-hybridized carbons (Fsp3) is 0.143. The van der Waals surface area contributed by atoms with Crippen LogP contribution in [-0.4, -0.2) is 0 Å². The van der Waals surface area contributed by atoms with Crippen molar-refractivity contribution in [1.29, 1.82) is 0 Å². The normalized spacial score (nSPS) is 10.5. The Balaban J connectivity index is 2.67. The molecule has 0 unspecified atom stereocenters. The Morgan fingerprint density at radius 2 is 1.62 bits per heavy atom. The topological polar surface area (TPSA) is 0 Å². The highest BCUT2D eigenvalue weighted by atomic mass is 35.5. The first-order chi connectivity index (χ1) is 7.58. The average molecular weight is 235 g/mol. The first-order valence-electron chi connectivity index (χ1n) is 5.10. The van der Waals surface area contributed by atoms with Crippen molar-refractivity contribution in [2.24, 2.45) is 0 Å². The lowest BCUT2D eigenvalue weighted by molar-refractivity contribution is 0.631. The fourth-order valence-electron chi connectivity index (χ4n) is 1.89. The molecule has 0 saturated carbocycles. The van der Waals surface area contributed by atoms with Gasteiger partial charge in [0, 0.05) is 5.56 Å². The van der Waals surface area contributed by atoms with Crippen molar-refractivity contribution in [1.82, 2.24) is 0 Å². The van der Waals surface area contributed by atoms with Crippen LogP contribution in [0, 0.1) is 19.7 Å². The molecule has 0 aliphatic heterocycles. The van der Waals surface area contributed by atoms with Gasteiger partial charge in [0.2, 0.25) is 0 Å². The Morgan fingerprint density at radius 1 is 1.00 bits per heavy atom. The summed E-state index contributed by atoms with van der Waals surface area (Å²) in [5, 5.41) is 0.449. The molecule has 0 spiro atoms. The molecule has 2 heteroatoms. The Labute approximate surface area is 99.7 Å². The van der Waals surface area contributed by atoms with Gasteiger partial charge in [-0.25, -0.2) is 4.39 Å². The Hall–Kier alpha value is -1.34. The van der Waals surface area contributed by atoms with Crippen LogP contribution < -0.4 is 0 Å². The van der Waals surface area contributed by atoms with E-state index in [0.717, 1.165) is 16.7 Å². The van der Waals surface area contributed by atoms with Gasteiger partial charge in [-0.1, -0.05) is 47.0 Å². The van der Waals surface area contributed by atoms with Crippen molar-refractivity contribution in [3.63, 3.8) is 0 Å². The monoisotopic (exact) mass is 234 g/mol. The second-order valence-electron chi connectivity index (χ2n) is 3.97. The van der Waals surface area contributed by atoms with E-state index in [-0.39, 0.29) is 5.82 Å². The molecule has 0 aliphatic rings. The molecule has 0 heterocycles. The average Bonchev–Trinajstić information content (AvgIpc) is 2.15. The second-order valence-corrected chi connectivity index (χ2v) is 4.38. The molecule has 0 atom stereocenters. The molecule has 2 aromatic rings. The maximum atomic E-state index is 13.7. The summed E-state index contributed by atoms with van der Waals surface area (Å²) in [5.41, 5.74) is 3.53. The maximum absolute atomic E-state index is 13.7. The van der Waals surface area contributed by atoms with Gasteiger partial charge in [-0.2, -0.15) is 0 Å².